The minimum Gasteiger partial charge on any atom is -0.492 e. The van der Waals surface area contributed by atoms with Crippen LogP contribution in [0.5, 0.6) is 5.75 Å². The first-order chi connectivity index (χ1) is 8.58. The van der Waals surface area contributed by atoms with Crippen molar-refractivity contribution < 1.29 is 9.13 Å². The Hall–Kier alpha value is -1.13. The Morgan fingerprint density at radius 2 is 2.00 bits per heavy atom. The van der Waals surface area contributed by atoms with Crippen molar-refractivity contribution in [2.45, 2.75) is 26.8 Å². The fraction of sp³-hybridized carbons (Fsp3) is 0.571. The van der Waals surface area contributed by atoms with E-state index >= 15 is 0 Å². The normalized spacial score (nSPS) is 12.8. The second-order valence-electron chi connectivity index (χ2n) is 4.35. The summed E-state index contributed by atoms with van der Waals surface area (Å²) in [7, 11) is 0. The number of nitrogens with two attached hydrogens (primary N) is 1. The van der Waals surface area contributed by atoms with E-state index in [4.69, 9.17) is 10.5 Å². The van der Waals surface area contributed by atoms with Gasteiger partial charge in [-0.3, -0.25) is 0 Å². The highest BCUT2D eigenvalue weighted by molar-refractivity contribution is 5.36. The molecule has 1 atom stereocenters. The molecule has 0 radical (unpaired) electrons. The number of benzene rings is 1. The Morgan fingerprint density at radius 3 is 2.56 bits per heavy atom. The number of rotatable bonds is 7. The number of nitrogens with zero attached hydrogens (tertiary/aromatic N) is 1. The fourth-order valence-corrected chi connectivity index (χ4v) is 1.83. The third-order valence-electron chi connectivity index (χ3n) is 3.02. The van der Waals surface area contributed by atoms with Gasteiger partial charge in [-0.05, 0) is 38.2 Å². The van der Waals surface area contributed by atoms with Crippen LogP contribution in [0.25, 0.3) is 0 Å². The summed E-state index contributed by atoms with van der Waals surface area (Å²) in [6.07, 6.45) is 0. The lowest BCUT2D eigenvalue weighted by Crippen LogP contribution is -2.28. The Morgan fingerprint density at radius 1 is 1.33 bits per heavy atom. The highest BCUT2D eigenvalue weighted by atomic mass is 19.1. The monoisotopic (exact) mass is 254 g/mol. The standard InChI is InChI=1S/C14H23FN2O/c1-4-17(5-2)8-9-18-14-7-6-12(15)10-13(14)11(3)16/h6-7,10-11H,4-5,8-9,16H2,1-3H3/t11-/m0/s1. The van der Waals surface area contributed by atoms with Crippen molar-refractivity contribution in [2.75, 3.05) is 26.2 Å². The molecule has 0 aliphatic heterocycles. The van der Waals surface area contributed by atoms with Gasteiger partial charge in [0.05, 0.1) is 0 Å². The number of likely N-dealkylation sites (N-methyl/N-ethyl adjacent to an activating group) is 1. The molecular formula is C14H23FN2O. The van der Waals surface area contributed by atoms with Crippen LogP contribution < -0.4 is 10.5 Å². The van der Waals surface area contributed by atoms with Gasteiger partial charge in [0.15, 0.2) is 0 Å². The van der Waals surface area contributed by atoms with Crippen molar-refractivity contribution in [1.82, 2.24) is 4.90 Å². The lowest BCUT2D eigenvalue weighted by Gasteiger charge is -2.19. The fourth-order valence-electron chi connectivity index (χ4n) is 1.83. The van der Waals surface area contributed by atoms with E-state index < -0.39 is 0 Å². The molecule has 1 rings (SSSR count). The second kappa shape index (κ2) is 7.34. The van der Waals surface area contributed by atoms with Crippen molar-refractivity contribution >= 4 is 0 Å². The van der Waals surface area contributed by atoms with Crippen molar-refractivity contribution in [3.05, 3.63) is 29.6 Å². The second-order valence-corrected chi connectivity index (χ2v) is 4.35. The molecule has 4 heteroatoms. The summed E-state index contributed by atoms with van der Waals surface area (Å²) in [5.41, 5.74) is 6.53. The van der Waals surface area contributed by atoms with Gasteiger partial charge in [-0.1, -0.05) is 13.8 Å². The van der Waals surface area contributed by atoms with Gasteiger partial charge in [-0.25, -0.2) is 4.39 Å². The Kier molecular flexibility index (Phi) is 6.09. The quantitative estimate of drug-likeness (QED) is 0.812. The molecule has 0 aliphatic rings. The molecule has 0 unspecified atom stereocenters. The maximum atomic E-state index is 13.1. The van der Waals surface area contributed by atoms with Gasteiger partial charge in [-0.2, -0.15) is 0 Å². The lowest BCUT2D eigenvalue weighted by molar-refractivity contribution is 0.221. The molecule has 2 N–H and O–H groups in total. The largest absolute Gasteiger partial charge is 0.492 e. The van der Waals surface area contributed by atoms with Gasteiger partial charge < -0.3 is 15.4 Å². The highest BCUT2D eigenvalue weighted by Gasteiger charge is 2.10. The number of halogens is 1. The summed E-state index contributed by atoms with van der Waals surface area (Å²) >= 11 is 0. The molecule has 1 aromatic carbocycles. The van der Waals surface area contributed by atoms with Gasteiger partial charge in [-0.15, -0.1) is 0 Å². The Labute approximate surface area is 109 Å². The van der Waals surface area contributed by atoms with E-state index in [-0.39, 0.29) is 11.9 Å². The molecule has 1 aromatic rings. The van der Waals surface area contributed by atoms with Crippen LogP contribution in [0.2, 0.25) is 0 Å². The first kappa shape index (κ1) is 14.9. The molecule has 0 heterocycles. The Bertz CT molecular complexity index is 365. The van der Waals surface area contributed by atoms with Crippen LogP contribution in [0.1, 0.15) is 32.4 Å². The predicted octanol–water partition coefficient (Wildman–Crippen LogP) is 2.57. The average Bonchev–Trinajstić information content (AvgIpc) is 2.36. The number of hydrogen-bond donors (Lipinski definition) is 1. The zero-order chi connectivity index (χ0) is 13.5. The molecule has 0 amide bonds. The van der Waals surface area contributed by atoms with E-state index in [9.17, 15) is 4.39 Å². The van der Waals surface area contributed by atoms with E-state index in [1.54, 1.807) is 6.07 Å². The van der Waals surface area contributed by atoms with E-state index in [1.165, 1.54) is 12.1 Å². The molecule has 3 nitrogen and oxygen atoms in total. The first-order valence-corrected chi connectivity index (χ1v) is 6.48. The van der Waals surface area contributed by atoms with E-state index in [1.807, 2.05) is 6.92 Å². The van der Waals surface area contributed by atoms with E-state index in [0.29, 0.717) is 12.4 Å². The van der Waals surface area contributed by atoms with E-state index in [0.717, 1.165) is 25.2 Å². The van der Waals surface area contributed by atoms with Gasteiger partial charge in [0.1, 0.15) is 18.2 Å². The number of hydrogen-bond acceptors (Lipinski definition) is 3. The maximum absolute atomic E-state index is 13.1. The Balaban J connectivity index is 2.61. The summed E-state index contributed by atoms with van der Waals surface area (Å²) in [5, 5.41) is 0. The lowest BCUT2D eigenvalue weighted by atomic mass is 10.1. The molecule has 0 spiro atoms. The van der Waals surface area contributed by atoms with Crippen molar-refractivity contribution in [1.29, 1.82) is 0 Å². The zero-order valence-corrected chi connectivity index (χ0v) is 11.4. The van der Waals surface area contributed by atoms with E-state index in [2.05, 4.69) is 18.7 Å². The average molecular weight is 254 g/mol. The van der Waals surface area contributed by atoms with Crippen LogP contribution in [-0.4, -0.2) is 31.1 Å². The third kappa shape index (κ3) is 4.27. The smallest absolute Gasteiger partial charge is 0.124 e. The minimum absolute atomic E-state index is 0.232. The summed E-state index contributed by atoms with van der Waals surface area (Å²) in [6.45, 7) is 9.53. The molecular weight excluding hydrogens is 231 g/mol. The number of ether oxygens (including phenoxy) is 1. The minimum atomic E-state index is -0.279. The molecule has 0 aliphatic carbocycles. The maximum Gasteiger partial charge on any atom is 0.124 e. The van der Waals surface area contributed by atoms with Crippen LogP contribution in [0.15, 0.2) is 18.2 Å². The zero-order valence-electron chi connectivity index (χ0n) is 11.4. The van der Waals surface area contributed by atoms with Gasteiger partial charge >= 0.3 is 0 Å². The third-order valence-corrected chi connectivity index (χ3v) is 3.02. The molecule has 0 saturated carbocycles. The van der Waals surface area contributed by atoms with Crippen molar-refractivity contribution in [2.24, 2.45) is 5.73 Å². The van der Waals surface area contributed by atoms with Crippen LogP contribution in [0.3, 0.4) is 0 Å². The molecule has 0 fully saturated rings. The summed E-state index contributed by atoms with van der Waals surface area (Å²) < 4.78 is 18.8. The van der Waals surface area contributed by atoms with Crippen molar-refractivity contribution in [3.63, 3.8) is 0 Å². The van der Waals surface area contributed by atoms with Gasteiger partial charge in [0, 0.05) is 18.2 Å². The van der Waals surface area contributed by atoms with Crippen LogP contribution >= 0.6 is 0 Å². The van der Waals surface area contributed by atoms with Crippen LogP contribution in [-0.2, 0) is 0 Å². The van der Waals surface area contributed by atoms with Crippen molar-refractivity contribution in [3.8, 4) is 5.75 Å². The highest BCUT2D eigenvalue weighted by Crippen LogP contribution is 2.24. The summed E-state index contributed by atoms with van der Waals surface area (Å²) in [6, 6.07) is 4.26. The SMILES string of the molecule is CCN(CC)CCOc1ccc(F)cc1[C@H](C)N. The van der Waals surface area contributed by atoms with Crippen LogP contribution in [0.4, 0.5) is 4.39 Å². The topological polar surface area (TPSA) is 38.5 Å². The molecule has 0 aromatic heterocycles. The summed E-state index contributed by atoms with van der Waals surface area (Å²) in [4.78, 5) is 2.27. The molecule has 0 saturated heterocycles. The molecule has 102 valence electrons. The van der Waals surface area contributed by atoms with Gasteiger partial charge in [0.2, 0.25) is 0 Å². The predicted molar refractivity (Wildman–Crippen MR) is 72.3 cm³/mol. The first-order valence-electron chi connectivity index (χ1n) is 6.48. The van der Waals surface area contributed by atoms with Crippen LogP contribution in [0, 0.1) is 5.82 Å². The molecule has 18 heavy (non-hydrogen) atoms. The van der Waals surface area contributed by atoms with Gasteiger partial charge in [0.25, 0.3) is 0 Å². The summed E-state index contributed by atoms with van der Waals surface area (Å²) in [5.74, 6) is 0.400. The molecule has 0 bridgehead atoms.